The lowest BCUT2D eigenvalue weighted by Gasteiger charge is -2.29. The van der Waals surface area contributed by atoms with Gasteiger partial charge in [-0.2, -0.15) is 0 Å². The van der Waals surface area contributed by atoms with Crippen molar-refractivity contribution in [3.8, 4) is 0 Å². The molecule has 3 nitrogen and oxygen atoms in total. The average molecular weight is 283 g/mol. The Kier molecular flexibility index (Phi) is 6.02. The second-order valence-electron chi connectivity index (χ2n) is 6.35. The molecule has 0 aromatic heterocycles. The van der Waals surface area contributed by atoms with E-state index in [1.807, 2.05) is 11.8 Å². The predicted octanol–water partition coefficient (Wildman–Crippen LogP) is 2.83. The van der Waals surface area contributed by atoms with Crippen molar-refractivity contribution >= 4 is 16.9 Å². The van der Waals surface area contributed by atoms with Crippen molar-refractivity contribution in [2.75, 3.05) is 32.4 Å². The smallest absolute Gasteiger partial charge is 0.156 e. The first kappa shape index (κ1) is 15.2. The molecule has 4 heteroatoms. The van der Waals surface area contributed by atoms with Gasteiger partial charge in [0.1, 0.15) is 0 Å². The second-order valence-corrected chi connectivity index (χ2v) is 7.44. The average Bonchev–Trinajstić information content (AvgIpc) is 2.41. The van der Waals surface area contributed by atoms with Crippen molar-refractivity contribution < 1.29 is 0 Å². The van der Waals surface area contributed by atoms with Crippen molar-refractivity contribution in [1.29, 1.82) is 0 Å². The van der Waals surface area contributed by atoms with Crippen molar-refractivity contribution in [1.82, 2.24) is 10.2 Å². The van der Waals surface area contributed by atoms with E-state index in [9.17, 15) is 0 Å². The number of nitrogens with one attached hydrogen (secondary N) is 1. The molecule has 0 bridgehead atoms. The summed E-state index contributed by atoms with van der Waals surface area (Å²) < 4.78 is 0. The fourth-order valence-electron chi connectivity index (χ4n) is 2.85. The Hall–Kier alpha value is -0.220. The molecule has 1 atom stereocenters. The van der Waals surface area contributed by atoms with Gasteiger partial charge in [0.2, 0.25) is 0 Å². The van der Waals surface area contributed by atoms with Crippen LogP contribution in [0.3, 0.4) is 0 Å². The van der Waals surface area contributed by atoms with Crippen molar-refractivity contribution in [3.05, 3.63) is 0 Å². The number of likely N-dealkylation sites (tertiary alicyclic amines) is 1. The zero-order valence-corrected chi connectivity index (χ0v) is 13.5. The van der Waals surface area contributed by atoms with Crippen LogP contribution in [0.2, 0.25) is 0 Å². The van der Waals surface area contributed by atoms with E-state index in [1.165, 1.54) is 49.7 Å². The van der Waals surface area contributed by atoms with Crippen LogP contribution in [0.25, 0.3) is 0 Å². The van der Waals surface area contributed by atoms with Gasteiger partial charge in [-0.3, -0.25) is 4.99 Å². The molecule has 0 spiro atoms. The number of rotatable bonds is 4. The minimum absolute atomic E-state index is 0.628. The molecule has 2 rings (SSSR count). The third kappa shape index (κ3) is 4.99. The Morgan fingerprint density at radius 2 is 2.05 bits per heavy atom. The van der Waals surface area contributed by atoms with Crippen LogP contribution < -0.4 is 5.32 Å². The first-order valence-electron chi connectivity index (χ1n) is 7.77. The van der Waals surface area contributed by atoms with Crippen LogP contribution in [0.5, 0.6) is 0 Å². The normalized spacial score (nSPS) is 28.8. The fraction of sp³-hybridized carbons (Fsp3) is 0.933. The molecule has 0 radical (unpaired) electrons. The number of thioether (sulfide) groups is 1. The summed E-state index contributed by atoms with van der Waals surface area (Å²) in [5.41, 5.74) is 0. The molecule has 0 aromatic rings. The van der Waals surface area contributed by atoms with E-state index in [1.54, 1.807) is 0 Å². The van der Waals surface area contributed by atoms with Gasteiger partial charge in [0.25, 0.3) is 0 Å². The Balaban J connectivity index is 1.70. The minimum Gasteiger partial charge on any atom is -0.362 e. The van der Waals surface area contributed by atoms with E-state index in [2.05, 4.69) is 31.1 Å². The van der Waals surface area contributed by atoms with E-state index in [0.717, 1.165) is 12.5 Å². The maximum Gasteiger partial charge on any atom is 0.156 e. The molecule has 0 aliphatic carbocycles. The zero-order valence-electron chi connectivity index (χ0n) is 12.7. The molecular formula is C15H29N3S. The van der Waals surface area contributed by atoms with Gasteiger partial charge in [-0.1, -0.05) is 25.6 Å². The van der Waals surface area contributed by atoms with Gasteiger partial charge < -0.3 is 10.2 Å². The summed E-state index contributed by atoms with van der Waals surface area (Å²) in [5, 5.41) is 4.79. The quantitative estimate of drug-likeness (QED) is 0.860. The van der Waals surface area contributed by atoms with Gasteiger partial charge in [-0.25, -0.2) is 0 Å². The Bertz CT molecular complexity index is 296. The first-order chi connectivity index (χ1) is 9.15. The second kappa shape index (κ2) is 7.53. The summed E-state index contributed by atoms with van der Waals surface area (Å²) in [7, 11) is 2.23. The molecule has 0 amide bonds. The molecule has 0 aromatic carbocycles. The summed E-state index contributed by atoms with van der Waals surface area (Å²) in [6, 6.07) is 0.628. The van der Waals surface area contributed by atoms with Crippen LogP contribution in [0.4, 0.5) is 0 Å². The monoisotopic (exact) mass is 283 g/mol. The lowest BCUT2D eigenvalue weighted by molar-refractivity contribution is 0.214. The van der Waals surface area contributed by atoms with Crippen LogP contribution in [-0.2, 0) is 0 Å². The summed E-state index contributed by atoms with van der Waals surface area (Å²) in [6.07, 6.45) is 5.26. The highest BCUT2D eigenvalue weighted by Gasteiger charge is 2.20. The molecule has 2 saturated heterocycles. The molecule has 0 saturated carbocycles. The number of piperidine rings is 1. The van der Waals surface area contributed by atoms with Crippen molar-refractivity contribution in [2.45, 2.75) is 45.6 Å². The van der Waals surface area contributed by atoms with E-state index in [-0.39, 0.29) is 0 Å². The molecule has 2 heterocycles. The maximum absolute atomic E-state index is 4.78. The highest BCUT2D eigenvalue weighted by atomic mass is 32.2. The van der Waals surface area contributed by atoms with Crippen LogP contribution in [0.1, 0.15) is 39.5 Å². The molecule has 2 fully saturated rings. The van der Waals surface area contributed by atoms with Crippen LogP contribution in [0.15, 0.2) is 4.99 Å². The van der Waals surface area contributed by atoms with E-state index < -0.39 is 0 Å². The largest absolute Gasteiger partial charge is 0.362 e. The summed E-state index contributed by atoms with van der Waals surface area (Å²) in [6.45, 7) is 8.13. The maximum atomic E-state index is 4.78. The van der Waals surface area contributed by atoms with Gasteiger partial charge >= 0.3 is 0 Å². The third-order valence-electron chi connectivity index (χ3n) is 4.41. The Morgan fingerprint density at radius 3 is 2.74 bits per heavy atom. The fourth-order valence-corrected chi connectivity index (χ4v) is 3.83. The van der Waals surface area contributed by atoms with Gasteiger partial charge in [0, 0.05) is 18.3 Å². The molecule has 2 aliphatic heterocycles. The van der Waals surface area contributed by atoms with Crippen molar-refractivity contribution in [3.63, 3.8) is 0 Å². The van der Waals surface area contributed by atoms with Gasteiger partial charge in [0.05, 0.1) is 0 Å². The van der Waals surface area contributed by atoms with E-state index in [0.29, 0.717) is 12.0 Å². The minimum atomic E-state index is 0.628. The van der Waals surface area contributed by atoms with Crippen molar-refractivity contribution in [2.24, 2.45) is 16.8 Å². The van der Waals surface area contributed by atoms with Crippen LogP contribution in [0, 0.1) is 11.8 Å². The molecule has 19 heavy (non-hydrogen) atoms. The lowest BCUT2D eigenvalue weighted by atomic mass is 9.94. The molecular weight excluding hydrogens is 254 g/mol. The van der Waals surface area contributed by atoms with E-state index >= 15 is 0 Å². The third-order valence-corrected chi connectivity index (χ3v) is 5.37. The van der Waals surface area contributed by atoms with Crippen LogP contribution >= 0.6 is 11.8 Å². The molecule has 1 unspecified atom stereocenters. The highest BCUT2D eigenvalue weighted by molar-refractivity contribution is 8.13. The van der Waals surface area contributed by atoms with Crippen LogP contribution in [-0.4, -0.2) is 48.5 Å². The molecule has 2 aliphatic rings. The number of hydrogen-bond acceptors (Lipinski definition) is 3. The zero-order chi connectivity index (χ0) is 13.7. The Labute approximate surface area is 122 Å². The molecule has 110 valence electrons. The standard InChI is InChI=1S/C15H29N3S/c1-12(2)14-7-11-19-15(17-14)16-8-4-13-5-9-18(3)10-6-13/h12-14H,4-11H2,1-3H3,(H,16,17). The number of nitrogens with zero attached hydrogens (tertiary/aromatic N) is 2. The summed E-state index contributed by atoms with van der Waals surface area (Å²) >= 11 is 1.90. The lowest BCUT2D eigenvalue weighted by Crippen LogP contribution is -2.41. The molecule has 1 N–H and O–H groups in total. The number of hydrogen-bond donors (Lipinski definition) is 1. The SMILES string of the molecule is CC(C)C1CCSC(=NCCC2CCN(C)CC2)N1. The van der Waals surface area contributed by atoms with Gasteiger partial charge in [-0.05, 0) is 57.7 Å². The van der Waals surface area contributed by atoms with Gasteiger partial charge in [0.15, 0.2) is 5.17 Å². The summed E-state index contributed by atoms with van der Waals surface area (Å²) in [4.78, 5) is 7.22. The van der Waals surface area contributed by atoms with Gasteiger partial charge in [-0.15, -0.1) is 0 Å². The topological polar surface area (TPSA) is 27.6 Å². The Morgan fingerprint density at radius 1 is 1.32 bits per heavy atom. The first-order valence-corrected chi connectivity index (χ1v) is 8.76. The highest BCUT2D eigenvalue weighted by Crippen LogP contribution is 2.21. The number of aliphatic imine (C=N–C) groups is 1. The number of amidine groups is 1. The van der Waals surface area contributed by atoms with E-state index in [4.69, 9.17) is 4.99 Å². The predicted molar refractivity (Wildman–Crippen MR) is 86.0 cm³/mol. The summed E-state index contributed by atoms with van der Waals surface area (Å²) in [5.74, 6) is 2.83.